The van der Waals surface area contributed by atoms with Gasteiger partial charge < -0.3 is 79.8 Å². The maximum Gasteiger partial charge on any atom is 4.00 e. The zero-order valence-corrected chi connectivity index (χ0v) is 39.7. The number of hydrogen-bond donors (Lipinski definition) is 8. The van der Waals surface area contributed by atoms with Gasteiger partial charge in [-0.15, -0.1) is 0 Å². The minimum atomic E-state index is -1.80. The van der Waals surface area contributed by atoms with Gasteiger partial charge in [-0.2, -0.15) is 0 Å². The topological polar surface area (TPSA) is 322 Å². The summed E-state index contributed by atoms with van der Waals surface area (Å²) in [7, 11) is -7.20. The maximum absolute atomic E-state index is 10.5. The first-order chi connectivity index (χ1) is 28.4. The van der Waals surface area contributed by atoms with Crippen LogP contribution in [0, 0.1) is 0 Å². The molecule has 0 aliphatic rings. The summed E-state index contributed by atoms with van der Waals surface area (Å²) in [6.45, 7) is 8.53. The Labute approximate surface area is 382 Å². The summed E-state index contributed by atoms with van der Waals surface area (Å²) in [5.41, 5.74) is 0. The summed E-state index contributed by atoms with van der Waals surface area (Å²) in [6, 6.07) is 0. The second-order valence-electron chi connectivity index (χ2n) is 15.6. The summed E-state index contributed by atoms with van der Waals surface area (Å²) < 4.78 is 0. The van der Waals surface area contributed by atoms with Crippen molar-refractivity contribution < 1.29 is 101 Å². The number of carboxylic acid groups (broad SMARTS) is 4. The van der Waals surface area contributed by atoms with E-state index in [0.717, 1.165) is 77.0 Å². The minimum Gasteiger partial charge on any atom is -0.550 e. The first kappa shape index (κ1) is 68.6. The van der Waals surface area contributed by atoms with Crippen LogP contribution in [-0.2, 0) is 40.2 Å². The van der Waals surface area contributed by atoms with E-state index in [1.165, 1.54) is 51.4 Å². The Balaban J connectivity index is -0.000000227. The standard InChI is InChI=1S/4C10H21BO4.Mo/c4*1-2-3-4-5-6-7-8-9(10(12)13)11(14)15;/h4*9,14-15H,2-8H2,1H3,(H,12,13);/q;;;;+4/p-4. The van der Waals surface area contributed by atoms with Crippen LogP contribution in [0.5, 0.6) is 0 Å². The van der Waals surface area contributed by atoms with Gasteiger partial charge in [-0.3, -0.25) is 0 Å². The molecule has 0 spiro atoms. The van der Waals surface area contributed by atoms with Gasteiger partial charge in [-0.1, -0.05) is 182 Å². The summed E-state index contributed by atoms with van der Waals surface area (Å²) in [5, 5.41) is 112. The molecule has 4 unspecified atom stereocenters. The van der Waals surface area contributed by atoms with E-state index >= 15 is 0 Å². The molecule has 0 saturated heterocycles. The Hall–Kier alpha value is -1.49. The number of aliphatic carboxylic acids is 4. The molecule has 0 aliphatic carbocycles. The van der Waals surface area contributed by atoms with Crippen molar-refractivity contribution in [2.45, 2.75) is 231 Å². The molecule has 21 heteroatoms. The SMILES string of the molecule is CCCCCCCCC(B(O)O)C(=O)[O-].CCCCCCCCC(B(O)O)C(=O)[O-].CCCCCCCCC(B(O)O)C(=O)[O-].CCCCCCCCC(B(O)O)C(=O)[O-].[Mo+4]. The summed E-state index contributed by atoms with van der Waals surface area (Å²) >= 11 is 0. The first-order valence-electron chi connectivity index (χ1n) is 22.6. The van der Waals surface area contributed by atoms with Crippen molar-refractivity contribution in [3.63, 3.8) is 0 Å². The fraction of sp³-hybridized carbons (Fsp3) is 0.900. The molecule has 0 saturated carbocycles. The molecule has 0 aromatic rings. The third-order valence-electron chi connectivity index (χ3n) is 10.1. The Bertz CT molecular complexity index is 851. The number of unbranched alkanes of at least 4 members (excludes halogenated alkanes) is 20. The van der Waals surface area contributed by atoms with E-state index in [1.54, 1.807) is 0 Å². The fourth-order valence-corrected chi connectivity index (χ4v) is 6.13. The van der Waals surface area contributed by atoms with E-state index in [2.05, 4.69) is 27.7 Å². The van der Waals surface area contributed by atoms with Gasteiger partial charge in [-0.25, -0.2) is 0 Å². The molecule has 4 atom stereocenters. The number of carbonyl (C=O) groups excluding carboxylic acids is 4. The predicted molar refractivity (Wildman–Crippen MR) is 228 cm³/mol. The molecule has 0 aliphatic heterocycles. The van der Waals surface area contributed by atoms with Crippen LogP contribution >= 0.6 is 0 Å². The molecular weight excluding hydrogens is 876 g/mol. The van der Waals surface area contributed by atoms with Crippen LogP contribution in [0.4, 0.5) is 0 Å². The molecule has 0 radical (unpaired) electrons. The van der Waals surface area contributed by atoms with Crippen LogP contribution in [0.3, 0.4) is 0 Å². The summed E-state index contributed by atoms with van der Waals surface area (Å²) in [4.78, 5) is 41.9. The normalized spacial score (nSPS) is 12.3. The van der Waals surface area contributed by atoms with Crippen molar-refractivity contribution in [3.05, 3.63) is 0 Å². The van der Waals surface area contributed by atoms with Gasteiger partial charge in [0.15, 0.2) is 0 Å². The van der Waals surface area contributed by atoms with Crippen molar-refractivity contribution in [1.29, 1.82) is 0 Å². The van der Waals surface area contributed by atoms with Gasteiger partial charge in [-0.05, 0) is 25.7 Å². The zero-order chi connectivity index (χ0) is 46.7. The van der Waals surface area contributed by atoms with E-state index in [1.807, 2.05) is 0 Å². The van der Waals surface area contributed by atoms with Crippen LogP contribution < -0.4 is 20.4 Å². The van der Waals surface area contributed by atoms with E-state index in [-0.39, 0.29) is 46.7 Å². The molecule has 8 N–H and O–H groups in total. The Morgan fingerprint density at radius 1 is 0.311 bits per heavy atom. The van der Waals surface area contributed by atoms with Crippen molar-refractivity contribution >= 4 is 52.4 Å². The first-order valence-corrected chi connectivity index (χ1v) is 22.6. The number of rotatable bonds is 36. The number of carbonyl (C=O) groups is 4. The van der Waals surface area contributed by atoms with Crippen LogP contribution in [0.2, 0.25) is 23.3 Å². The average molecular weight is 956 g/mol. The van der Waals surface area contributed by atoms with Crippen molar-refractivity contribution in [2.75, 3.05) is 0 Å². The number of carboxylic acids is 4. The number of hydrogen-bond acceptors (Lipinski definition) is 16. The van der Waals surface area contributed by atoms with Crippen LogP contribution in [0.15, 0.2) is 0 Å². The maximum atomic E-state index is 10.5. The van der Waals surface area contributed by atoms with Gasteiger partial charge in [0.25, 0.3) is 0 Å². The molecule has 0 rings (SSSR count). The van der Waals surface area contributed by atoms with Gasteiger partial charge >= 0.3 is 49.5 Å². The minimum absolute atomic E-state index is 0. The molecule has 0 heterocycles. The molecular formula is C40H80B4MoO16. The van der Waals surface area contributed by atoms with E-state index in [9.17, 15) is 39.6 Å². The van der Waals surface area contributed by atoms with E-state index < -0.39 is 75.6 Å². The van der Waals surface area contributed by atoms with E-state index in [4.69, 9.17) is 40.2 Å². The van der Waals surface area contributed by atoms with Crippen LogP contribution in [0.1, 0.15) is 207 Å². The van der Waals surface area contributed by atoms with Crippen LogP contribution in [0.25, 0.3) is 0 Å². The summed E-state index contributed by atoms with van der Waals surface area (Å²) in [6.07, 6.45) is 26.2. The van der Waals surface area contributed by atoms with Gasteiger partial charge in [0, 0.05) is 47.1 Å². The van der Waals surface area contributed by atoms with Crippen molar-refractivity contribution in [3.8, 4) is 0 Å². The second kappa shape index (κ2) is 49.5. The Morgan fingerprint density at radius 2 is 0.443 bits per heavy atom. The van der Waals surface area contributed by atoms with E-state index in [0.29, 0.717) is 25.7 Å². The third kappa shape index (κ3) is 47.8. The van der Waals surface area contributed by atoms with Gasteiger partial charge in [0.2, 0.25) is 0 Å². The van der Waals surface area contributed by atoms with Crippen LogP contribution in [-0.4, -0.2) is 92.5 Å². The monoisotopic (exact) mass is 958 g/mol. The van der Waals surface area contributed by atoms with Crippen molar-refractivity contribution in [1.82, 2.24) is 0 Å². The van der Waals surface area contributed by atoms with Crippen molar-refractivity contribution in [2.24, 2.45) is 0 Å². The molecule has 0 aromatic carbocycles. The third-order valence-corrected chi connectivity index (χ3v) is 10.1. The van der Waals surface area contributed by atoms with Gasteiger partial charge in [0.1, 0.15) is 0 Å². The molecule has 0 amide bonds. The predicted octanol–water partition coefficient (Wildman–Crippen LogP) is 1.32. The summed E-state index contributed by atoms with van der Waals surface area (Å²) in [5.74, 6) is -10.1. The van der Waals surface area contributed by atoms with Gasteiger partial charge in [0.05, 0.1) is 0 Å². The molecule has 61 heavy (non-hydrogen) atoms. The smallest absolute Gasteiger partial charge is 0.550 e. The Morgan fingerprint density at radius 3 is 0.557 bits per heavy atom. The zero-order valence-electron chi connectivity index (χ0n) is 37.7. The molecule has 354 valence electrons. The molecule has 16 nitrogen and oxygen atoms in total. The Kier molecular flexibility index (Phi) is 55.7. The average Bonchev–Trinajstić information content (AvgIpc) is 3.16. The second-order valence-corrected chi connectivity index (χ2v) is 15.6. The molecule has 0 aromatic heterocycles. The molecule has 0 fully saturated rings. The fourth-order valence-electron chi connectivity index (χ4n) is 6.13. The largest absolute Gasteiger partial charge is 4.00 e. The molecule has 0 bridgehead atoms. The quantitative estimate of drug-likeness (QED) is 0.0324.